The maximum Gasteiger partial charge on any atom is 0.0773 e. The Morgan fingerprint density at radius 2 is 2.00 bits per heavy atom. The molecule has 1 N–H and O–H groups in total. The van der Waals surface area contributed by atoms with Gasteiger partial charge in [-0.2, -0.15) is 0 Å². The summed E-state index contributed by atoms with van der Waals surface area (Å²) >= 11 is 0. The van der Waals surface area contributed by atoms with E-state index in [1.165, 1.54) is 19.3 Å². The summed E-state index contributed by atoms with van der Waals surface area (Å²) in [5.41, 5.74) is 0.799. The van der Waals surface area contributed by atoms with Gasteiger partial charge in [-0.3, -0.25) is 9.88 Å². The van der Waals surface area contributed by atoms with Crippen molar-refractivity contribution < 1.29 is 5.11 Å². The smallest absolute Gasteiger partial charge is 0.0773 e. The van der Waals surface area contributed by atoms with Gasteiger partial charge >= 0.3 is 0 Å². The van der Waals surface area contributed by atoms with E-state index in [1.54, 1.807) is 6.20 Å². The molecule has 3 nitrogen and oxygen atoms in total. The van der Waals surface area contributed by atoms with Crippen LogP contribution in [0.5, 0.6) is 0 Å². The van der Waals surface area contributed by atoms with Gasteiger partial charge in [0.1, 0.15) is 0 Å². The topological polar surface area (TPSA) is 36.4 Å². The van der Waals surface area contributed by atoms with Crippen LogP contribution in [0, 0.1) is 0 Å². The van der Waals surface area contributed by atoms with Crippen molar-refractivity contribution in [2.24, 2.45) is 0 Å². The lowest BCUT2D eigenvalue weighted by atomic mass is 9.89. The SMILES string of the molecule is CC(C)(C(O)Cc1ccccn1)N1CCCCC1. The van der Waals surface area contributed by atoms with Crippen molar-refractivity contribution in [1.82, 2.24) is 9.88 Å². The zero-order chi connectivity index (χ0) is 13.0. The number of hydrogen-bond donors (Lipinski definition) is 1. The van der Waals surface area contributed by atoms with E-state index in [4.69, 9.17) is 0 Å². The lowest BCUT2D eigenvalue weighted by Gasteiger charge is -2.44. The number of piperidine rings is 1. The number of aliphatic hydroxyl groups excluding tert-OH is 1. The Morgan fingerprint density at radius 1 is 1.28 bits per heavy atom. The molecule has 1 aromatic heterocycles. The van der Waals surface area contributed by atoms with Gasteiger partial charge in [-0.05, 0) is 51.9 Å². The molecule has 1 atom stereocenters. The number of rotatable bonds is 4. The van der Waals surface area contributed by atoms with E-state index in [9.17, 15) is 5.11 Å². The first-order valence-corrected chi connectivity index (χ1v) is 6.94. The molecule has 2 rings (SSSR count). The number of aromatic nitrogens is 1. The number of pyridine rings is 1. The fraction of sp³-hybridized carbons (Fsp3) is 0.667. The summed E-state index contributed by atoms with van der Waals surface area (Å²) in [6, 6.07) is 5.87. The molecule has 100 valence electrons. The molecule has 0 spiro atoms. The lowest BCUT2D eigenvalue weighted by molar-refractivity contribution is -0.0191. The maximum absolute atomic E-state index is 10.5. The van der Waals surface area contributed by atoms with Gasteiger partial charge in [-0.1, -0.05) is 12.5 Å². The second-order valence-corrected chi connectivity index (χ2v) is 5.74. The highest BCUT2D eigenvalue weighted by molar-refractivity contribution is 5.07. The van der Waals surface area contributed by atoms with E-state index in [1.807, 2.05) is 18.2 Å². The summed E-state index contributed by atoms with van der Waals surface area (Å²) in [6.07, 6.45) is 5.87. The van der Waals surface area contributed by atoms with Crippen molar-refractivity contribution in [3.63, 3.8) is 0 Å². The van der Waals surface area contributed by atoms with Crippen LogP contribution in [0.4, 0.5) is 0 Å². The Balaban J connectivity index is 2.00. The number of likely N-dealkylation sites (tertiary alicyclic amines) is 1. The third kappa shape index (κ3) is 3.09. The van der Waals surface area contributed by atoms with Crippen LogP contribution in [0.25, 0.3) is 0 Å². The van der Waals surface area contributed by atoms with Gasteiger partial charge in [0.2, 0.25) is 0 Å². The van der Waals surface area contributed by atoms with Crippen molar-refractivity contribution in [2.45, 2.75) is 51.2 Å². The predicted octanol–water partition coefficient (Wildman–Crippen LogP) is 2.25. The molecule has 1 aliphatic heterocycles. The van der Waals surface area contributed by atoms with E-state index in [0.29, 0.717) is 6.42 Å². The normalized spacial score (nSPS) is 19.7. The Hall–Kier alpha value is -0.930. The van der Waals surface area contributed by atoms with Gasteiger partial charge in [0, 0.05) is 23.9 Å². The van der Waals surface area contributed by atoms with Crippen molar-refractivity contribution in [2.75, 3.05) is 13.1 Å². The number of aliphatic hydroxyl groups is 1. The summed E-state index contributed by atoms with van der Waals surface area (Å²) in [5.74, 6) is 0. The van der Waals surface area contributed by atoms with E-state index < -0.39 is 0 Å². The molecule has 1 unspecified atom stereocenters. The van der Waals surface area contributed by atoms with E-state index >= 15 is 0 Å². The first-order valence-electron chi connectivity index (χ1n) is 6.94. The minimum Gasteiger partial charge on any atom is -0.391 e. The molecule has 1 aliphatic rings. The number of nitrogens with zero attached hydrogens (tertiary/aromatic N) is 2. The van der Waals surface area contributed by atoms with Gasteiger partial charge < -0.3 is 5.11 Å². The molecule has 0 aliphatic carbocycles. The Morgan fingerprint density at radius 3 is 2.61 bits per heavy atom. The summed E-state index contributed by atoms with van der Waals surface area (Å²) < 4.78 is 0. The fourth-order valence-corrected chi connectivity index (χ4v) is 2.65. The van der Waals surface area contributed by atoms with Crippen LogP contribution in [0.2, 0.25) is 0 Å². The molecule has 0 bridgehead atoms. The second-order valence-electron chi connectivity index (χ2n) is 5.74. The lowest BCUT2D eigenvalue weighted by Crippen LogP contribution is -2.54. The van der Waals surface area contributed by atoms with E-state index in [-0.39, 0.29) is 11.6 Å². The molecule has 3 heteroatoms. The van der Waals surface area contributed by atoms with Gasteiger partial charge in [-0.15, -0.1) is 0 Å². The minimum atomic E-state index is -0.370. The first-order chi connectivity index (χ1) is 8.60. The van der Waals surface area contributed by atoms with Crippen molar-refractivity contribution in [3.8, 4) is 0 Å². The molecule has 0 amide bonds. The highest BCUT2D eigenvalue weighted by Crippen LogP contribution is 2.25. The monoisotopic (exact) mass is 248 g/mol. The van der Waals surface area contributed by atoms with Crippen molar-refractivity contribution in [1.29, 1.82) is 0 Å². The molecular formula is C15H24N2O. The van der Waals surface area contributed by atoms with E-state index in [0.717, 1.165) is 18.8 Å². The van der Waals surface area contributed by atoms with Gasteiger partial charge in [0.05, 0.1) is 6.10 Å². The van der Waals surface area contributed by atoms with Gasteiger partial charge in [0.15, 0.2) is 0 Å². The van der Waals surface area contributed by atoms with E-state index in [2.05, 4.69) is 23.7 Å². The number of hydrogen-bond acceptors (Lipinski definition) is 3. The third-order valence-corrected chi connectivity index (χ3v) is 4.12. The highest BCUT2D eigenvalue weighted by atomic mass is 16.3. The largest absolute Gasteiger partial charge is 0.391 e. The summed E-state index contributed by atoms with van der Waals surface area (Å²) in [4.78, 5) is 6.72. The average Bonchev–Trinajstić information content (AvgIpc) is 2.41. The summed E-state index contributed by atoms with van der Waals surface area (Å²) in [5, 5.41) is 10.5. The van der Waals surface area contributed by atoms with Gasteiger partial charge in [-0.25, -0.2) is 0 Å². The summed E-state index contributed by atoms with van der Waals surface area (Å²) in [6.45, 7) is 6.50. The zero-order valence-corrected chi connectivity index (χ0v) is 11.5. The van der Waals surface area contributed by atoms with Gasteiger partial charge in [0.25, 0.3) is 0 Å². The second kappa shape index (κ2) is 5.81. The van der Waals surface area contributed by atoms with Crippen LogP contribution in [0.3, 0.4) is 0 Å². The molecule has 0 radical (unpaired) electrons. The quantitative estimate of drug-likeness (QED) is 0.888. The fourth-order valence-electron chi connectivity index (χ4n) is 2.65. The molecule has 1 aromatic rings. The van der Waals surface area contributed by atoms with Crippen molar-refractivity contribution >= 4 is 0 Å². The molecule has 2 heterocycles. The minimum absolute atomic E-state index is 0.169. The summed E-state index contributed by atoms with van der Waals surface area (Å²) in [7, 11) is 0. The molecular weight excluding hydrogens is 224 g/mol. The molecule has 0 aromatic carbocycles. The maximum atomic E-state index is 10.5. The Labute approximate surface area is 110 Å². The molecule has 18 heavy (non-hydrogen) atoms. The molecule has 0 saturated carbocycles. The zero-order valence-electron chi connectivity index (χ0n) is 11.5. The van der Waals surface area contributed by atoms with Crippen LogP contribution >= 0.6 is 0 Å². The highest BCUT2D eigenvalue weighted by Gasteiger charge is 2.34. The first kappa shape index (κ1) is 13.5. The van der Waals surface area contributed by atoms with Crippen LogP contribution in [0.15, 0.2) is 24.4 Å². The average molecular weight is 248 g/mol. The van der Waals surface area contributed by atoms with Crippen LogP contribution < -0.4 is 0 Å². The Bertz CT molecular complexity index is 358. The third-order valence-electron chi connectivity index (χ3n) is 4.12. The standard InChI is InChI=1S/C15H24N2O/c1-15(2,17-10-6-3-7-11-17)14(18)12-13-8-4-5-9-16-13/h4-5,8-9,14,18H,3,6-7,10-12H2,1-2H3. The molecule has 1 fully saturated rings. The van der Waals surface area contributed by atoms with Crippen molar-refractivity contribution in [3.05, 3.63) is 30.1 Å². The Kier molecular flexibility index (Phi) is 4.36. The molecule has 1 saturated heterocycles. The van der Waals surface area contributed by atoms with Crippen LogP contribution in [-0.2, 0) is 6.42 Å². The van der Waals surface area contributed by atoms with Crippen LogP contribution in [0.1, 0.15) is 38.8 Å². The van der Waals surface area contributed by atoms with Crippen LogP contribution in [-0.4, -0.2) is 39.7 Å². The predicted molar refractivity (Wildman–Crippen MR) is 73.5 cm³/mol.